The molecule has 0 radical (unpaired) electrons. The molecule has 0 bridgehead atoms. The molecule has 0 atom stereocenters. The molecule has 0 aliphatic rings. The summed E-state index contributed by atoms with van der Waals surface area (Å²) in [6.07, 6.45) is 1.77. The lowest BCUT2D eigenvalue weighted by Crippen LogP contribution is -2.11. The molecule has 3 heterocycles. The Balaban J connectivity index is 0.00000240. The van der Waals surface area contributed by atoms with Crippen LogP contribution in [-0.4, -0.2) is 20.9 Å². The van der Waals surface area contributed by atoms with Gasteiger partial charge in [-0.3, -0.25) is 10.1 Å². The second-order valence-electron chi connectivity index (χ2n) is 6.14. The Labute approximate surface area is 186 Å². The summed E-state index contributed by atoms with van der Waals surface area (Å²) in [6.45, 7) is 3.94. The molecular weight excluding hydrogens is 470 g/mol. The Morgan fingerprint density at radius 2 is 1.83 bits per heavy atom. The summed E-state index contributed by atoms with van der Waals surface area (Å²) in [4.78, 5) is 26.7. The average Bonchev–Trinajstić information content (AvgIpc) is 3.28. The van der Waals surface area contributed by atoms with Gasteiger partial charge in [-0.15, -0.1) is 28.3 Å². The average molecular weight is 488 g/mol. The first-order valence-electron chi connectivity index (χ1n) is 8.58. The zero-order valence-corrected chi connectivity index (χ0v) is 19.0. The van der Waals surface area contributed by atoms with Crippen LogP contribution >= 0.6 is 39.7 Å². The van der Waals surface area contributed by atoms with Crippen molar-refractivity contribution in [2.24, 2.45) is 0 Å². The number of aromatic nitrogens is 3. The Morgan fingerprint density at radius 1 is 1.03 bits per heavy atom. The minimum atomic E-state index is -0.174. The second kappa shape index (κ2) is 9.25. The van der Waals surface area contributed by atoms with E-state index in [0.29, 0.717) is 10.7 Å². The van der Waals surface area contributed by atoms with Crippen LogP contribution in [0.15, 0.2) is 54.0 Å². The van der Waals surface area contributed by atoms with Crippen molar-refractivity contribution in [2.45, 2.75) is 13.8 Å². The number of benzene rings is 1. The Kier molecular flexibility index (Phi) is 6.73. The summed E-state index contributed by atoms with van der Waals surface area (Å²) in [5, 5.41) is 9.38. The maximum Gasteiger partial charge on any atom is 0.257 e. The van der Waals surface area contributed by atoms with E-state index >= 15 is 0 Å². The molecule has 0 spiro atoms. The molecule has 3 aromatic heterocycles. The van der Waals surface area contributed by atoms with Crippen LogP contribution in [0.1, 0.15) is 21.6 Å². The van der Waals surface area contributed by atoms with Crippen LogP contribution in [0.2, 0.25) is 0 Å². The van der Waals surface area contributed by atoms with E-state index in [0.717, 1.165) is 32.8 Å². The Hall–Kier alpha value is -2.62. The van der Waals surface area contributed by atoms with Crippen LogP contribution in [0, 0.1) is 13.8 Å². The highest BCUT2D eigenvalue weighted by molar-refractivity contribution is 8.93. The summed E-state index contributed by atoms with van der Waals surface area (Å²) in [5.41, 5.74) is 3.39. The van der Waals surface area contributed by atoms with Gasteiger partial charge < -0.3 is 5.32 Å². The lowest BCUT2D eigenvalue weighted by molar-refractivity contribution is 0.102. The maximum atomic E-state index is 12.3. The number of carbonyl (C=O) groups excluding carboxylic acids is 1. The SMILES string of the molecule is Br.Cc1ccnc(Nc2nc(-c3sc(NC(=O)c4ccccc4)nc3C)cs2)c1. The standard InChI is InChI=1S/C20H17N5OS2.BrH/c1-12-8-9-21-16(10-12)24-19-23-15(11-27-19)17-13(2)22-20(28-17)25-18(26)14-6-4-3-5-7-14;/h3-11H,1-2H3,(H,21,23,24)(H,22,25,26);1H. The number of hydrogen-bond donors (Lipinski definition) is 2. The van der Waals surface area contributed by atoms with E-state index in [1.807, 2.05) is 49.6 Å². The van der Waals surface area contributed by atoms with E-state index in [1.165, 1.54) is 22.7 Å². The van der Waals surface area contributed by atoms with Crippen LogP contribution < -0.4 is 10.6 Å². The summed E-state index contributed by atoms with van der Waals surface area (Å²) >= 11 is 2.92. The lowest BCUT2D eigenvalue weighted by atomic mass is 10.2. The third-order valence-corrected chi connectivity index (χ3v) is 5.79. The Morgan fingerprint density at radius 3 is 2.59 bits per heavy atom. The van der Waals surface area contributed by atoms with Crippen LogP contribution in [0.4, 0.5) is 16.1 Å². The number of hydrogen-bond acceptors (Lipinski definition) is 7. The highest BCUT2D eigenvalue weighted by Crippen LogP contribution is 2.35. The molecule has 29 heavy (non-hydrogen) atoms. The molecule has 0 unspecified atom stereocenters. The molecule has 9 heteroatoms. The summed E-state index contributed by atoms with van der Waals surface area (Å²) in [6, 6.07) is 13.0. The topological polar surface area (TPSA) is 79.8 Å². The van der Waals surface area contributed by atoms with Gasteiger partial charge in [-0.25, -0.2) is 15.0 Å². The van der Waals surface area contributed by atoms with Gasteiger partial charge in [-0.05, 0) is 43.7 Å². The van der Waals surface area contributed by atoms with Crippen LogP contribution in [0.3, 0.4) is 0 Å². The molecule has 4 rings (SSSR count). The predicted octanol–water partition coefficient (Wildman–Crippen LogP) is 5.85. The minimum Gasteiger partial charge on any atom is -0.316 e. The van der Waals surface area contributed by atoms with Crippen molar-refractivity contribution in [3.8, 4) is 10.6 Å². The van der Waals surface area contributed by atoms with E-state index in [9.17, 15) is 4.79 Å². The molecule has 6 nitrogen and oxygen atoms in total. The highest BCUT2D eigenvalue weighted by Gasteiger charge is 2.15. The van der Waals surface area contributed by atoms with E-state index in [2.05, 4.69) is 25.6 Å². The van der Waals surface area contributed by atoms with Crippen LogP contribution in [-0.2, 0) is 0 Å². The minimum absolute atomic E-state index is 0. The molecule has 1 amide bonds. The molecule has 0 saturated heterocycles. The largest absolute Gasteiger partial charge is 0.316 e. The molecule has 0 saturated carbocycles. The van der Waals surface area contributed by atoms with Gasteiger partial charge in [-0.2, -0.15) is 0 Å². The zero-order chi connectivity index (χ0) is 19.5. The number of carbonyl (C=O) groups is 1. The van der Waals surface area contributed by atoms with Gasteiger partial charge in [0.25, 0.3) is 5.91 Å². The molecule has 0 aliphatic heterocycles. The van der Waals surface area contributed by atoms with Crippen molar-refractivity contribution in [2.75, 3.05) is 10.6 Å². The van der Waals surface area contributed by atoms with Gasteiger partial charge in [0.05, 0.1) is 16.3 Å². The first-order valence-corrected chi connectivity index (χ1v) is 10.3. The smallest absolute Gasteiger partial charge is 0.257 e. The molecule has 2 N–H and O–H groups in total. The first-order chi connectivity index (χ1) is 13.6. The summed E-state index contributed by atoms with van der Waals surface area (Å²) < 4.78 is 0. The van der Waals surface area contributed by atoms with E-state index in [1.54, 1.807) is 18.3 Å². The van der Waals surface area contributed by atoms with Crippen molar-refractivity contribution < 1.29 is 4.79 Å². The lowest BCUT2D eigenvalue weighted by Gasteiger charge is -2.01. The number of aryl methyl sites for hydroxylation is 2. The van der Waals surface area contributed by atoms with Gasteiger partial charge in [0.15, 0.2) is 10.3 Å². The number of rotatable bonds is 5. The van der Waals surface area contributed by atoms with Gasteiger partial charge in [0.1, 0.15) is 5.82 Å². The summed E-state index contributed by atoms with van der Waals surface area (Å²) in [7, 11) is 0. The number of nitrogens with zero attached hydrogens (tertiary/aromatic N) is 3. The summed E-state index contributed by atoms with van der Waals surface area (Å²) in [5.74, 6) is 0.588. The zero-order valence-electron chi connectivity index (χ0n) is 15.7. The second-order valence-corrected chi connectivity index (χ2v) is 7.99. The number of halogens is 1. The van der Waals surface area contributed by atoms with Crippen molar-refractivity contribution >= 4 is 61.6 Å². The fourth-order valence-electron chi connectivity index (χ4n) is 2.60. The predicted molar refractivity (Wildman–Crippen MR) is 125 cm³/mol. The maximum absolute atomic E-state index is 12.3. The van der Waals surface area contributed by atoms with E-state index < -0.39 is 0 Å². The van der Waals surface area contributed by atoms with Crippen molar-refractivity contribution in [1.29, 1.82) is 0 Å². The normalized spacial score (nSPS) is 10.3. The number of thiazole rings is 2. The number of anilines is 3. The molecule has 0 aliphatic carbocycles. The van der Waals surface area contributed by atoms with Crippen molar-refractivity contribution in [1.82, 2.24) is 15.0 Å². The van der Waals surface area contributed by atoms with E-state index in [-0.39, 0.29) is 22.9 Å². The molecule has 4 aromatic rings. The van der Waals surface area contributed by atoms with Gasteiger partial charge in [0.2, 0.25) is 0 Å². The third-order valence-electron chi connectivity index (χ3n) is 3.94. The van der Waals surface area contributed by atoms with Crippen LogP contribution in [0.25, 0.3) is 10.6 Å². The van der Waals surface area contributed by atoms with Crippen molar-refractivity contribution in [3.63, 3.8) is 0 Å². The van der Waals surface area contributed by atoms with Gasteiger partial charge >= 0.3 is 0 Å². The quantitative estimate of drug-likeness (QED) is 0.368. The molecular formula is C20H18BrN5OS2. The third kappa shape index (κ3) is 5.06. The van der Waals surface area contributed by atoms with Gasteiger partial charge in [-0.1, -0.05) is 29.5 Å². The van der Waals surface area contributed by atoms with Gasteiger partial charge in [0, 0.05) is 17.1 Å². The fraction of sp³-hybridized carbons (Fsp3) is 0.100. The highest BCUT2D eigenvalue weighted by atomic mass is 79.9. The van der Waals surface area contributed by atoms with Crippen molar-refractivity contribution in [3.05, 3.63) is 70.9 Å². The molecule has 0 fully saturated rings. The number of pyridine rings is 1. The molecule has 1 aromatic carbocycles. The number of amides is 1. The van der Waals surface area contributed by atoms with Crippen LogP contribution in [0.5, 0.6) is 0 Å². The first kappa shape index (κ1) is 21.1. The fourth-order valence-corrected chi connectivity index (χ4v) is 4.30. The Bertz CT molecular complexity index is 1130. The number of nitrogens with one attached hydrogen (secondary N) is 2. The monoisotopic (exact) mass is 487 g/mol. The van der Waals surface area contributed by atoms with E-state index in [4.69, 9.17) is 0 Å². The molecule has 148 valence electrons.